The van der Waals surface area contributed by atoms with Crippen LogP contribution in [-0.2, 0) is 0 Å². The SMILES string of the molecule is COc1ccc(F)c(Cl)c1C(C)c1c[nH]c2ncc(-c3cnn(C4CCC(O)CC4)c3Cl)cc12. The fourth-order valence-electron chi connectivity index (χ4n) is 4.91. The van der Waals surface area contributed by atoms with Crippen molar-refractivity contribution in [1.82, 2.24) is 19.7 Å². The van der Waals surface area contributed by atoms with Crippen LogP contribution in [0.1, 0.15) is 55.7 Å². The van der Waals surface area contributed by atoms with E-state index in [0.717, 1.165) is 47.8 Å². The summed E-state index contributed by atoms with van der Waals surface area (Å²) in [6.45, 7) is 1.96. The second kappa shape index (κ2) is 9.21. The van der Waals surface area contributed by atoms with Crippen molar-refractivity contribution in [2.24, 2.45) is 0 Å². The summed E-state index contributed by atoms with van der Waals surface area (Å²) in [5.74, 6) is -0.215. The Balaban J connectivity index is 1.54. The van der Waals surface area contributed by atoms with Gasteiger partial charge in [-0.1, -0.05) is 30.1 Å². The lowest BCUT2D eigenvalue weighted by Gasteiger charge is -2.26. The highest BCUT2D eigenvalue weighted by molar-refractivity contribution is 6.32. The van der Waals surface area contributed by atoms with Gasteiger partial charge in [-0.15, -0.1) is 0 Å². The first-order valence-electron chi connectivity index (χ1n) is 11.3. The lowest BCUT2D eigenvalue weighted by molar-refractivity contribution is 0.108. The van der Waals surface area contributed by atoms with E-state index in [2.05, 4.69) is 15.1 Å². The first-order valence-corrected chi connectivity index (χ1v) is 12.0. The van der Waals surface area contributed by atoms with Crippen molar-refractivity contribution in [3.63, 3.8) is 0 Å². The number of nitrogens with one attached hydrogen (secondary N) is 1. The number of halogens is 3. The van der Waals surface area contributed by atoms with Crippen molar-refractivity contribution in [3.8, 4) is 16.9 Å². The minimum Gasteiger partial charge on any atom is -0.496 e. The lowest BCUT2D eigenvalue weighted by atomic mass is 9.91. The van der Waals surface area contributed by atoms with Crippen molar-refractivity contribution >= 4 is 34.2 Å². The summed E-state index contributed by atoms with van der Waals surface area (Å²) in [5, 5.41) is 15.9. The number of nitrogens with zero attached hydrogens (tertiary/aromatic N) is 3. The fourth-order valence-corrected chi connectivity index (χ4v) is 5.57. The molecule has 2 N–H and O–H groups in total. The molecule has 0 bridgehead atoms. The van der Waals surface area contributed by atoms with Gasteiger partial charge in [-0.2, -0.15) is 5.10 Å². The summed E-state index contributed by atoms with van der Waals surface area (Å²) in [6.07, 6.45) is 8.34. The number of aromatic amines is 1. The molecular formula is C25H25Cl2FN4O2. The van der Waals surface area contributed by atoms with Crippen LogP contribution in [0.2, 0.25) is 10.2 Å². The van der Waals surface area contributed by atoms with E-state index in [4.69, 9.17) is 27.9 Å². The molecule has 0 radical (unpaired) electrons. The molecule has 1 atom stereocenters. The Morgan fingerprint density at radius 3 is 2.71 bits per heavy atom. The maximum absolute atomic E-state index is 14.3. The first-order chi connectivity index (χ1) is 16.4. The highest BCUT2D eigenvalue weighted by atomic mass is 35.5. The molecule has 1 aliphatic rings. The Bertz CT molecular complexity index is 1340. The van der Waals surface area contributed by atoms with Crippen LogP contribution in [0.15, 0.2) is 36.8 Å². The average Bonchev–Trinajstić information content (AvgIpc) is 3.44. The van der Waals surface area contributed by atoms with Crippen LogP contribution in [0.4, 0.5) is 4.39 Å². The molecule has 0 aliphatic heterocycles. The van der Waals surface area contributed by atoms with Gasteiger partial charge in [0.25, 0.3) is 0 Å². The second-order valence-electron chi connectivity index (χ2n) is 8.82. The van der Waals surface area contributed by atoms with Crippen molar-refractivity contribution < 1.29 is 14.2 Å². The van der Waals surface area contributed by atoms with Gasteiger partial charge >= 0.3 is 0 Å². The molecule has 3 heterocycles. The maximum atomic E-state index is 14.3. The Kier molecular flexibility index (Phi) is 6.27. The third-order valence-corrected chi connectivity index (χ3v) is 7.59. The smallest absolute Gasteiger partial charge is 0.142 e. The Morgan fingerprint density at radius 2 is 1.97 bits per heavy atom. The van der Waals surface area contributed by atoms with E-state index in [9.17, 15) is 9.50 Å². The van der Waals surface area contributed by atoms with Crippen molar-refractivity contribution in [2.45, 2.75) is 50.7 Å². The summed E-state index contributed by atoms with van der Waals surface area (Å²) in [4.78, 5) is 7.79. The van der Waals surface area contributed by atoms with Crippen LogP contribution in [0.25, 0.3) is 22.2 Å². The van der Waals surface area contributed by atoms with E-state index >= 15 is 0 Å². The molecule has 9 heteroatoms. The van der Waals surface area contributed by atoms with E-state index in [1.54, 1.807) is 25.6 Å². The number of aliphatic hydroxyl groups is 1. The lowest BCUT2D eigenvalue weighted by Crippen LogP contribution is -2.21. The number of pyridine rings is 1. The molecule has 1 saturated carbocycles. The summed E-state index contributed by atoms with van der Waals surface area (Å²) < 4.78 is 21.6. The van der Waals surface area contributed by atoms with Crippen LogP contribution in [0.5, 0.6) is 5.75 Å². The highest BCUT2D eigenvalue weighted by Crippen LogP contribution is 2.41. The molecule has 178 valence electrons. The molecule has 3 aromatic heterocycles. The molecule has 1 unspecified atom stereocenters. The number of ether oxygens (including phenoxy) is 1. The van der Waals surface area contributed by atoms with Gasteiger partial charge in [-0.05, 0) is 49.4 Å². The minimum atomic E-state index is -0.489. The van der Waals surface area contributed by atoms with E-state index in [1.165, 1.54) is 6.07 Å². The molecule has 0 saturated heterocycles. The van der Waals surface area contributed by atoms with Crippen LogP contribution >= 0.6 is 23.2 Å². The van der Waals surface area contributed by atoms with E-state index in [-0.39, 0.29) is 23.1 Å². The molecule has 34 heavy (non-hydrogen) atoms. The standard InChI is InChI=1S/C25H25Cl2FN4O2/c1-13(22-21(34-2)8-7-20(28)23(22)26)18-11-30-25-17(18)9-14(10-29-25)19-12-31-32(24(19)27)15-3-5-16(33)6-4-15/h7-13,15-16,33H,3-6H2,1-2H3,(H,29,30). The van der Waals surface area contributed by atoms with Gasteiger partial charge < -0.3 is 14.8 Å². The van der Waals surface area contributed by atoms with Crippen LogP contribution in [0.3, 0.4) is 0 Å². The predicted molar refractivity (Wildman–Crippen MR) is 131 cm³/mol. The summed E-state index contributed by atoms with van der Waals surface area (Å²) in [5.41, 5.74) is 3.84. The maximum Gasteiger partial charge on any atom is 0.142 e. The Labute approximate surface area is 206 Å². The quantitative estimate of drug-likeness (QED) is 0.326. The molecule has 0 amide bonds. The van der Waals surface area contributed by atoms with Crippen molar-refractivity contribution in [2.75, 3.05) is 7.11 Å². The number of H-pyrrole nitrogens is 1. The highest BCUT2D eigenvalue weighted by Gasteiger charge is 2.26. The van der Waals surface area contributed by atoms with Crippen LogP contribution in [-0.4, -0.2) is 38.1 Å². The van der Waals surface area contributed by atoms with Gasteiger partial charge in [0.15, 0.2) is 0 Å². The molecule has 6 nitrogen and oxygen atoms in total. The van der Waals surface area contributed by atoms with Gasteiger partial charge in [0, 0.05) is 40.4 Å². The molecule has 1 aromatic carbocycles. The van der Waals surface area contributed by atoms with Crippen LogP contribution < -0.4 is 4.74 Å². The zero-order chi connectivity index (χ0) is 24.0. The van der Waals surface area contributed by atoms with Gasteiger partial charge in [-0.3, -0.25) is 4.68 Å². The second-order valence-corrected chi connectivity index (χ2v) is 9.56. The number of hydrogen-bond acceptors (Lipinski definition) is 4. The van der Waals surface area contributed by atoms with Crippen molar-refractivity contribution in [1.29, 1.82) is 0 Å². The average molecular weight is 503 g/mol. The van der Waals surface area contributed by atoms with Crippen LogP contribution in [0, 0.1) is 5.82 Å². The van der Waals surface area contributed by atoms with E-state index in [1.807, 2.05) is 23.9 Å². The van der Waals surface area contributed by atoms with E-state index < -0.39 is 5.82 Å². The normalized spacial score (nSPS) is 19.5. The number of aromatic nitrogens is 4. The number of aliphatic hydroxyl groups excluding tert-OH is 1. The molecule has 1 fully saturated rings. The number of fused-ring (bicyclic) bond motifs is 1. The van der Waals surface area contributed by atoms with Gasteiger partial charge in [0.1, 0.15) is 22.4 Å². The number of hydrogen-bond donors (Lipinski definition) is 2. The number of rotatable bonds is 5. The van der Waals surface area contributed by atoms with Crippen molar-refractivity contribution in [3.05, 3.63) is 63.9 Å². The third kappa shape index (κ3) is 3.96. The molecule has 5 rings (SSSR count). The van der Waals surface area contributed by atoms with Gasteiger partial charge in [-0.25, -0.2) is 9.37 Å². The minimum absolute atomic E-state index is 0.0484. The molecule has 1 aliphatic carbocycles. The van der Waals surface area contributed by atoms with Gasteiger partial charge in [0.05, 0.1) is 30.5 Å². The predicted octanol–water partition coefficient (Wildman–Crippen LogP) is 6.51. The fraction of sp³-hybridized carbons (Fsp3) is 0.360. The zero-order valence-corrected chi connectivity index (χ0v) is 20.4. The molecular weight excluding hydrogens is 478 g/mol. The van der Waals surface area contributed by atoms with E-state index in [0.29, 0.717) is 22.1 Å². The Hall–Kier alpha value is -2.61. The third-order valence-electron chi connectivity index (χ3n) is 6.83. The summed E-state index contributed by atoms with van der Waals surface area (Å²) >= 11 is 13.1. The Morgan fingerprint density at radius 1 is 1.21 bits per heavy atom. The zero-order valence-electron chi connectivity index (χ0n) is 18.9. The topological polar surface area (TPSA) is 76.0 Å². The summed E-state index contributed by atoms with van der Waals surface area (Å²) in [6, 6.07) is 5.08. The largest absolute Gasteiger partial charge is 0.496 e. The monoisotopic (exact) mass is 502 g/mol. The first kappa shape index (κ1) is 23.1. The summed E-state index contributed by atoms with van der Waals surface area (Å²) in [7, 11) is 1.54. The number of benzene rings is 1. The van der Waals surface area contributed by atoms with Gasteiger partial charge in [0.2, 0.25) is 0 Å². The molecule has 4 aromatic rings. The number of methoxy groups -OCH3 is 1. The molecule has 0 spiro atoms.